The molecule has 0 aliphatic rings. The smallest absolute Gasteiger partial charge is 0.0980 e. The van der Waals surface area contributed by atoms with Crippen LogP contribution in [0.2, 0.25) is 0 Å². The molecule has 0 heterocycles. The Labute approximate surface area is 97.2 Å². The summed E-state index contributed by atoms with van der Waals surface area (Å²) in [5.41, 5.74) is 0.851. The molecular formula is C13H11BrO. The fraction of sp³-hybridized carbons (Fsp3) is 0.0769. The number of benzene rings is 2. The number of hydrogen-bond donors (Lipinski definition) is 1. The summed E-state index contributed by atoms with van der Waals surface area (Å²) in [6.07, 6.45) is 0.901. The Morgan fingerprint density at radius 2 is 1.93 bits per heavy atom. The van der Waals surface area contributed by atoms with Crippen molar-refractivity contribution in [3.8, 4) is 0 Å². The molecule has 2 aromatic carbocycles. The van der Waals surface area contributed by atoms with Gasteiger partial charge in [0, 0.05) is 4.47 Å². The van der Waals surface area contributed by atoms with Gasteiger partial charge < -0.3 is 5.11 Å². The molecule has 1 unspecified atom stereocenters. The Bertz CT molecular complexity index is 505. The molecule has 0 radical (unpaired) electrons. The second-order valence-electron chi connectivity index (χ2n) is 3.37. The van der Waals surface area contributed by atoms with Crippen molar-refractivity contribution in [1.29, 1.82) is 0 Å². The van der Waals surface area contributed by atoms with Crippen molar-refractivity contribution in [2.75, 3.05) is 0 Å². The van der Waals surface area contributed by atoms with Gasteiger partial charge in [-0.25, -0.2) is 0 Å². The van der Waals surface area contributed by atoms with Gasteiger partial charge in [-0.15, -0.1) is 6.58 Å². The van der Waals surface area contributed by atoms with Gasteiger partial charge in [0.25, 0.3) is 0 Å². The molecule has 2 heteroatoms. The zero-order valence-corrected chi connectivity index (χ0v) is 9.74. The minimum Gasteiger partial charge on any atom is -0.384 e. The number of hydrogen-bond acceptors (Lipinski definition) is 1. The van der Waals surface area contributed by atoms with E-state index in [0.29, 0.717) is 0 Å². The molecule has 0 spiro atoms. The highest BCUT2D eigenvalue weighted by molar-refractivity contribution is 9.10. The predicted octanol–water partition coefficient (Wildman–Crippen LogP) is 3.82. The average Bonchev–Trinajstić information content (AvgIpc) is 2.29. The minimum absolute atomic E-state index is 0.621. The maximum atomic E-state index is 9.72. The van der Waals surface area contributed by atoms with E-state index < -0.39 is 6.10 Å². The quantitative estimate of drug-likeness (QED) is 0.816. The molecule has 0 aliphatic heterocycles. The first-order valence-electron chi connectivity index (χ1n) is 4.72. The van der Waals surface area contributed by atoms with E-state index in [4.69, 9.17) is 0 Å². The molecule has 0 saturated heterocycles. The Morgan fingerprint density at radius 1 is 1.20 bits per heavy atom. The molecule has 0 bridgehead atoms. The normalized spacial score (nSPS) is 12.7. The van der Waals surface area contributed by atoms with Gasteiger partial charge in [-0.2, -0.15) is 0 Å². The number of halogens is 1. The lowest BCUT2D eigenvalue weighted by Crippen LogP contribution is -1.94. The van der Waals surface area contributed by atoms with Gasteiger partial charge >= 0.3 is 0 Å². The van der Waals surface area contributed by atoms with E-state index >= 15 is 0 Å². The highest BCUT2D eigenvalue weighted by atomic mass is 79.9. The molecule has 1 N–H and O–H groups in total. The van der Waals surface area contributed by atoms with Gasteiger partial charge in [0.2, 0.25) is 0 Å². The standard InChI is InChI=1S/C13H11BrO/c1-2-12(15)11-8-7-9-5-3-4-6-10(9)13(11)14/h2-8,12,15H,1H2. The van der Waals surface area contributed by atoms with E-state index in [-0.39, 0.29) is 0 Å². The van der Waals surface area contributed by atoms with Gasteiger partial charge in [-0.05, 0) is 32.3 Å². The number of aliphatic hydroxyl groups is 1. The van der Waals surface area contributed by atoms with Crippen molar-refractivity contribution in [2.45, 2.75) is 6.10 Å². The topological polar surface area (TPSA) is 20.2 Å². The molecule has 76 valence electrons. The monoisotopic (exact) mass is 262 g/mol. The molecule has 0 fully saturated rings. The van der Waals surface area contributed by atoms with E-state index in [2.05, 4.69) is 22.5 Å². The number of rotatable bonds is 2. The minimum atomic E-state index is -0.621. The van der Waals surface area contributed by atoms with Crippen LogP contribution < -0.4 is 0 Å². The largest absolute Gasteiger partial charge is 0.384 e. The fourth-order valence-electron chi connectivity index (χ4n) is 1.61. The van der Waals surface area contributed by atoms with Gasteiger partial charge in [0.15, 0.2) is 0 Å². The van der Waals surface area contributed by atoms with Crippen molar-refractivity contribution in [3.05, 3.63) is 59.1 Å². The van der Waals surface area contributed by atoms with Crippen LogP contribution in [0.15, 0.2) is 53.5 Å². The lowest BCUT2D eigenvalue weighted by atomic mass is 10.0. The van der Waals surface area contributed by atoms with Crippen LogP contribution >= 0.6 is 15.9 Å². The Morgan fingerprint density at radius 3 is 2.67 bits per heavy atom. The molecule has 1 atom stereocenters. The van der Waals surface area contributed by atoms with Crippen molar-refractivity contribution < 1.29 is 5.11 Å². The molecule has 2 aromatic rings. The zero-order valence-electron chi connectivity index (χ0n) is 8.15. The van der Waals surface area contributed by atoms with Crippen LogP contribution in [0.1, 0.15) is 11.7 Å². The molecule has 15 heavy (non-hydrogen) atoms. The first-order valence-corrected chi connectivity index (χ1v) is 5.51. The van der Waals surface area contributed by atoms with Crippen molar-refractivity contribution in [1.82, 2.24) is 0 Å². The zero-order chi connectivity index (χ0) is 10.8. The molecule has 0 amide bonds. The van der Waals surface area contributed by atoms with Gasteiger partial charge in [0.05, 0.1) is 6.10 Å². The van der Waals surface area contributed by atoms with E-state index in [1.165, 1.54) is 6.08 Å². The summed E-state index contributed by atoms with van der Waals surface area (Å²) >= 11 is 3.52. The summed E-state index contributed by atoms with van der Waals surface area (Å²) in [7, 11) is 0. The van der Waals surface area contributed by atoms with Crippen LogP contribution in [-0.2, 0) is 0 Å². The van der Waals surface area contributed by atoms with Crippen LogP contribution in [0, 0.1) is 0 Å². The van der Waals surface area contributed by atoms with Crippen LogP contribution in [0.4, 0.5) is 0 Å². The van der Waals surface area contributed by atoms with E-state index in [1.54, 1.807) is 0 Å². The number of fused-ring (bicyclic) bond motifs is 1. The highest BCUT2D eigenvalue weighted by Crippen LogP contribution is 2.31. The van der Waals surface area contributed by atoms with Gasteiger partial charge in [-0.3, -0.25) is 0 Å². The van der Waals surface area contributed by atoms with Crippen LogP contribution in [0.25, 0.3) is 10.8 Å². The molecule has 0 saturated carbocycles. The second kappa shape index (κ2) is 4.17. The van der Waals surface area contributed by atoms with Crippen LogP contribution in [0.5, 0.6) is 0 Å². The fourth-order valence-corrected chi connectivity index (χ4v) is 2.33. The first-order chi connectivity index (χ1) is 7.24. The first kappa shape index (κ1) is 10.4. The Balaban J connectivity index is 2.70. The highest BCUT2D eigenvalue weighted by Gasteiger charge is 2.09. The molecule has 0 aromatic heterocycles. The third-order valence-corrected chi connectivity index (χ3v) is 3.32. The molecule has 2 rings (SSSR count). The van der Waals surface area contributed by atoms with Gasteiger partial charge in [-0.1, -0.05) is 42.5 Å². The summed E-state index contributed by atoms with van der Waals surface area (Å²) in [6.45, 7) is 3.59. The van der Waals surface area contributed by atoms with Crippen molar-refractivity contribution >= 4 is 26.7 Å². The van der Waals surface area contributed by atoms with Crippen LogP contribution in [-0.4, -0.2) is 5.11 Å². The SMILES string of the molecule is C=CC(O)c1ccc2ccccc2c1Br. The molecular weight excluding hydrogens is 252 g/mol. The summed E-state index contributed by atoms with van der Waals surface area (Å²) < 4.78 is 0.938. The van der Waals surface area contributed by atoms with Crippen LogP contribution in [0.3, 0.4) is 0 Å². The summed E-state index contributed by atoms with van der Waals surface area (Å²) in [6, 6.07) is 12.0. The lowest BCUT2D eigenvalue weighted by Gasteiger charge is -2.10. The Hall–Kier alpha value is -1.12. The van der Waals surface area contributed by atoms with E-state index in [9.17, 15) is 5.11 Å². The van der Waals surface area contributed by atoms with Crippen molar-refractivity contribution in [2.24, 2.45) is 0 Å². The lowest BCUT2D eigenvalue weighted by molar-refractivity contribution is 0.228. The molecule has 1 nitrogen and oxygen atoms in total. The third kappa shape index (κ3) is 1.83. The molecule has 0 aliphatic carbocycles. The summed E-state index contributed by atoms with van der Waals surface area (Å²) in [5, 5.41) is 12.0. The average molecular weight is 263 g/mol. The van der Waals surface area contributed by atoms with Crippen molar-refractivity contribution in [3.63, 3.8) is 0 Å². The summed E-state index contributed by atoms with van der Waals surface area (Å²) in [5.74, 6) is 0. The maximum Gasteiger partial charge on any atom is 0.0980 e. The van der Waals surface area contributed by atoms with Gasteiger partial charge in [0.1, 0.15) is 0 Å². The van der Waals surface area contributed by atoms with E-state index in [1.807, 2.05) is 36.4 Å². The second-order valence-corrected chi connectivity index (χ2v) is 4.16. The maximum absolute atomic E-state index is 9.72. The summed E-state index contributed by atoms with van der Waals surface area (Å²) in [4.78, 5) is 0. The Kier molecular flexibility index (Phi) is 2.89. The predicted molar refractivity (Wildman–Crippen MR) is 66.8 cm³/mol. The number of aliphatic hydroxyl groups excluding tert-OH is 1. The van der Waals surface area contributed by atoms with E-state index in [0.717, 1.165) is 20.8 Å². The third-order valence-electron chi connectivity index (χ3n) is 2.44.